The standard InChI is InChI=1S/C12H16ClN3O3/c1-8(2)6-15(7-11(14)17)10-5-3-4-9(13)12(10)16(18)19/h3-5,8H,6-7H2,1-2H3,(H2,14,17). The molecule has 2 N–H and O–H groups in total. The highest BCUT2D eigenvalue weighted by molar-refractivity contribution is 6.33. The first-order valence-corrected chi connectivity index (χ1v) is 6.17. The Balaban J connectivity index is 3.24. The maximum Gasteiger partial charge on any atom is 0.310 e. The van der Waals surface area contributed by atoms with E-state index in [4.69, 9.17) is 17.3 Å². The number of benzene rings is 1. The molecular weight excluding hydrogens is 270 g/mol. The van der Waals surface area contributed by atoms with Crippen molar-refractivity contribution in [3.63, 3.8) is 0 Å². The van der Waals surface area contributed by atoms with Gasteiger partial charge in [-0.2, -0.15) is 0 Å². The van der Waals surface area contributed by atoms with Crippen molar-refractivity contribution in [3.05, 3.63) is 33.3 Å². The summed E-state index contributed by atoms with van der Waals surface area (Å²) in [7, 11) is 0. The highest BCUT2D eigenvalue weighted by Crippen LogP contribution is 2.35. The number of hydrogen-bond acceptors (Lipinski definition) is 4. The van der Waals surface area contributed by atoms with Crippen LogP contribution in [0.2, 0.25) is 5.02 Å². The number of halogens is 1. The Morgan fingerprint density at radius 2 is 2.16 bits per heavy atom. The second kappa shape index (κ2) is 6.38. The molecule has 7 heteroatoms. The number of nitrogens with zero attached hydrogens (tertiary/aromatic N) is 2. The van der Waals surface area contributed by atoms with E-state index in [0.717, 1.165) is 0 Å². The number of nitro benzene ring substituents is 1. The number of para-hydroxylation sites is 1. The molecule has 0 atom stereocenters. The Hall–Kier alpha value is -1.82. The lowest BCUT2D eigenvalue weighted by Crippen LogP contribution is -2.36. The number of amides is 1. The van der Waals surface area contributed by atoms with Gasteiger partial charge in [0, 0.05) is 6.54 Å². The van der Waals surface area contributed by atoms with Gasteiger partial charge in [0.05, 0.1) is 11.5 Å². The number of nitro groups is 1. The molecule has 19 heavy (non-hydrogen) atoms. The average Bonchev–Trinajstić information content (AvgIpc) is 2.25. The predicted molar refractivity (Wildman–Crippen MR) is 74.4 cm³/mol. The monoisotopic (exact) mass is 285 g/mol. The molecular formula is C12H16ClN3O3. The third-order valence-corrected chi connectivity index (χ3v) is 2.73. The highest BCUT2D eigenvalue weighted by atomic mass is 35.5. The van der Waals surface area contributed by atoms with Crippen LogP contribution in [-0.2, 0) is 4.79 Å². The van der Waals surface area contributed by atoms with Gasteiger partial charge in [-0.15, -0.1) is 0 Å². The number of anilines is 1. The molecule has 1 amide bonds. The van der Waals surface area contributed by atoms with E-state index >= 15 is 0 Å². The Morgan fingerprint density at radius 3 is 2.63 bits per heavy atom. The number of carbonyl (C=O) groups is 1. The van der Waals surface area contributed by atoms with E-state index in [1.54, 1.807) is 17.0 Å². The van der Waals surface area contributed by atoms with Crippen molar-refractivity contribution in [1.29, 1.82) is 0 Å². The summed E-state index contributed by atoms with van der Waals surface area (Å²) >= 11 is 5.86. The van der Waals surface area contributed by atoms with Crippen molar-refractivity contribution < 1.29 is 9.72 Å². The topological polar surface area (TPSA) is 89.5 Å². The minimum Gasteiger partial charge on any atom is -0.368 e. The molecule has 104 valence electrons. The van der Waals surface area contributed by atoms with Gasteiger partial charge in [-0.25, -0.2) is 0 Å². The SMILES string of the molecule is CC(C)CN(CC(N)=O)c1cccc(Cl)c1[N+](=O)[O-]. The van der Waals surface area contributed by atoms with Crippen LogP contribution in [0.5, 0.6) is 0 Å². The van der Waals surface area contributed by atoms with E-state index in [-0.39, 0.29) is 23.2 Å². The van der Waals surface area contributed by atoms with Crippen molar-refractivity contribution in [2.45, 2.75) is 13.8 Å². The zero-order chi connectivity index (χ0) is 14.6. The van der Waals surface area contributed by atoms with Gasteiger partial charge in [0.15, 0.2) is 0 Å². The van der Waals surface area contributed by atoms with Gasteiger partial charge >= 0.3 is 5.69 Å². The van der Waals surface area contributed by atoms with Gasteiger partial charge < -0.3 is 10.6 Å². The molecule has 0 bridgehead atoms. The van der Waals surface area contributed by atoms with E-state index in [9.17, 15) is 14.9 Å². The van der Waals surface area contributed by atoms with E-state index in [1.165, 1.54) is 6.07 Å². The largest absolute Gasteiger partial charge is 0.368 e. The second-order valence-corrected chi connectivity index (χ2v) is 5.01. The Kier molecular flexibility index (Phi) is 5.11. The van der Waals surface area contributed by atoms with Crippen LogP contribution in [0.25, 0.3) is 0 Å². The Morgan fingerprint density at radius 1 is 1.53 bits per heavy atom. The lowest BCUT2D eigenvalue weighted by atomic mass is 10.1. The first kappa shape index (κ1) is 15.2. The van der Waals surface area contributed by atoms with Crippen LogP contribution >= 0.6 is 11.6 Å². The van der Waals surface area contributed by atoms with Crippen molar-refractivity contribution >= 4 is 28.9 Å². The zero-order valence-corrected chi connectivity index (χ0v) is 11.6. The number of primary amides is 1. The maximum absolute atomic E-state index is 11.1. The molecule has 0 aromatic heterocycles. The van der Waals surface area contributed by atoms with Gasteiger partial charge in [-0.05, 0) is 18.1 Å². The van der Waals surface area contributed by atoms with Crippen molar-refractivity contribution in [2.75, 3.05) is 18.0 Å². The number of rotatable bonds is 6. The molecule has 0 fully saturated rings. The van der Waals surface area contributed by atoms with E-state index in [0.29, 0.717) is 12.2 Å². The first-order valence-electron chi connectivity index (χ1n) is 5.79. The molecule has 1 aromatic rings. The lowest BCUT2D eigenvalue weighted by molar-refractivity contribution is -0.384. The molecule has 1 rings (SSSR count). The van der Waals surface area contributed by atoms with Crippen LogP contribution in [0.3, 0.4) is 0 Å². The molecule has 0 unspecified atom stereocenters. The highest BCUT2D eigenvalue weighted by Gasteiger charge is 2.24. The predicted octanol–water partition coefficient (Wildman–Crippen LogP) is 2.20. The normalized spacial score (nSPS) is 10.5. The summed E-state index contributed by atoms with van der Waals surface area (Å²) in [6, 6.07) is 4.62. The molecule has 6 nitrogen and oxygen atoms in total. The molecule has 0 radical (unpaired) electrons. The van der Waals surface area contributed by atoms with Crippen LogP contribution in [0.15, 0.2) is 18.2 Å². The van der Waals surface area contributed by atoms with Crippen molar-refractivity contribution in [1.82, 2.24) is 0 Å². The van der Waals surface area contributed by atoms with Gasteiger partial charge in [-0.1, -0.05) is 31.5 Å². The van der Waals surface area contributed by atoms with Crippen LogP contribution in [0.1, 0.15) is 13.8 Å². The van der Waals surface area contributed by atoms with E-state index in [2.05, 4.69) is 0 Å². The van der Waals surface area contributed by atoms with Gasteiger partial charge in [0.1, 0.15) is 10.7 Å². The number of nitrogens with two attached hydrogens (primary N) is 1. The van der Waals surface area contributed by atoms with Gasteiger partial charge in [0.25, 0.3) is 0 Å². The third kappa shape index (κ3) is 4.10. The zero-order valence-electron chi connectivity index (χ0n) is 10.8. The summed E-state index contributed by atoms with van der Waals surface area (Å²) < 4.78 is 0. The molecule has 0 aliphatic carbocycles. The Bertz CT molecular complexity index is 491. The second-order valence-electron chi connectivity index (χ2n) is 4.61. The number of hydrogen-bond donors (Lipinski definition) is 1. The van der Waals surface area contributed by atoms with Crippen molar-refractivity contribution in [2.24, 2.45) is 11.7 Å². The summed E-state index contributed by atoms with van der Waals surface area (Å²) in [5, 5.41) is 11.1. The third-order valence-electron chi connectivity index (χ3n) is 2.42. The van der Waals surface area contributed by atoms with Crippen molar-refractivity contribution in [3.8, 4) is 0 Å². The quantitative estimate of drug-likeness (QED) is 0.641. The van der Waals surface area contributed by atoms with Crippen LogP contribution in [0.4, 0.5) is 11.4 Å². The van der Waals surface area contributed by atoms with Crippen LogP contribution in [-0.4, -0.2) is 23.9 Å². The molecule has 0 aliphatic rings. The van der Waals surface area contributed by atoms with Crippen LogP contribution in [0, 0.1) is 16.0 Å². The van der Waals surface area contributed by atoms with E-state index in [1.807, 2.05) is 13.8 Å². The fourth-order valence-electron chi connectivity index (χ4n) is 1.82. The molecule has 0 aliphatic heterocycles. The van der Waals surface area contributed by atoms with E-state index < -0.39 is 10.8 Å². The lowest BCUT2D eigenvalue weighted by Gasteiger charge is -2.25. The smallest absolute Gasteiger partial charge is 0.310 e. The summed E-state index contributed by atoms with van der Waals surface area (Å²) in [6.07, 6.45) is 0. The van der Waals surface area contributed by atoms with Gasteiger partial charge in [-0.3, -0.25) is 14.9 Å². The summed E-state index contributed by atoms with van der Waals surface area (Å²) in [5.74, 6) is -0.326. The molecule has 0 saturated carbocycles. The molecule has 0 heterocycles. The maximum atomic E-state index is 11.1. The molecule has 0 saturated heterocycles. The minimum absolute atomic E-state index is 0.0423. The summed E-state index contributed by atoms with van der Waals surface area (Å²) in [5.41, 5.74) is 5.29. The number of carbonyl (C=O) groups excluding carboxylic acids is 1. The van der Waals surface area contributed by atoms with Crippen LogP contribution < -0.4 is 10.6 Å². The molecule has 1 aromatic carbocycles. The summed E-state index contributed by atoms with van der Waals surface area (Å²) in [6.45, 7) is 4.29. The fourth-order valence-corrected chi connectivity index (χ4v) is 2.06. The summed E-state index contributed by atoms with van der Waals surface area (Å²) in [4.78, 5) is 23.2. The Labute approximate surface area is 116 Å². The molecule has 0 spiro atoms. The fraction of sp³-hybridized carbons (Fsp3) is 0.417. The minimum atomic E-state index is -0.550. The van der Waals surface area contributed by atoms with Gasteiger partial charge in [0.2, 0.25) is 5.91 Å². The average molecular weight is 286 g/mol. The first-order chi connectivity index (χ1) is 8.82.